The van der Waals surface area contributed by atoms with Crippen molar-refractivity contribution in [2.24, 2.45) is 0 Å². The highest BCUT2D eigenvalue weighted by Gasteiger charge is 2.21. The first-order valence-corrected chi connectivity index (χ1v) is 6.02. The van der Waals surface area contributed by atoms with Gasteiger partial charge in [0.25, 0.3) is 0 Å². The minimum atomic E-state index is 0.158. The lowest BCUT2D eigenvalue weighted by atomic mass is 10.1. The zero-order valence-corrected chi connectivity index (χ0v) is 9.96. The van der Waals surface area contributed by atoms with E-state index in [1.807, 2.05) is 36.4 Å². The SMILES string of the molecule is Oc1ccc2c(c1)Oc1c(ccc3ccccc13)O2. The largest absolute Gasteiger partial charge is 0.508 e. The Hall–Kier alpha value is -2.68. The molecule has 0 spiro atoms. The Bertz CT molecular complexity index is 793. The lowest BCUT2D eigenvalue weighted by Crippen LogP contribution is -1.99. The lowest BCUT2D eigenvalue weighted by Gasteiger charge is -2.21. The van der Waals surface area contributed by atoms with Gasteiger partial charge in [-0.05, 0) is 23.6 Å². The number of fused-ring (bicyclic) bond motifs is 4. The highest BCUT2D eigenvalue weighted by molar-refractivity contribution is 5.91. The van der Waals surface area contributed by atoms with Crippen LogP contribution in [0.4, 0.5) is 0 Å². The van der Waals surface area contributed by atoms with Gasteiger partial charge in [-0.3, -0.25) is 0 Å². The summed E-state index contributed by atoms with van der Waals surface area (Å²) in [6.07, 6.45) is 0. The summed E-state index contributed by atoms with van der Waals surface area (Å²) in [5, 5.41) is 11.6. The van der Waals surface area contributed by atoms with Crippen molar-refractivity contribution >= 4 is 10.8 Å². The number of phenolic OH excluding ortho intramolecular Hbond substituents is 1. The second kappa shape index (κ2) is 3.65. The van der Waals surface area contributed by atoms with Crippen molar-refractivity contribution < 1.29 is 14.6 Å². The maximum absolute atomic E-state index is 9.51. The number of aromatic hydroxyl groups is 1. The van der Waals surface area contributed by atoms with Gasteiger partial charge in [-0.15, -0.1) is 0 Å². The first kappa shape index (κ1) is 10.3. The number of hydrogen-bond donors (Lipinski definition) is 1. The fraction of sp³-hybridized carbons (Fsp3) is 0. The molecule has 4 rings (SSSR count). The molecule has 3 heteroatoms. The molecule has 0 aliphatic carbocycles. The fourth-order valence-electron chi connectivity index (χ4n) is 2.30. The van der Waals surface area contributed by atoms with E-state index >= 15 is 0 Å². The van der Waals surface area contributed by atoms with Crippen LogP contribution in [-0.2, 0) is 0 Å². The van der Waals surface area contributed by atoms with Gasteiger partial charge in [0.1, 0.15) is 5.75 Å². The van der Waals surface area contributed by atoms with Crippen LogP contribution < -0.4 is 9.47 Å². The van der Waals surface area contributed by atoms with Crippen molar-refractivity contribution in [3.63, 3.8) is 0 Å². The molecule has 92 valence electrons. The monoisotopic (exact) mass is 250 g/mol. The Balaban J connectivity index is 1.95. The minimum Gasteiger partial charge on any atom is -0.508 e. The van der Waals surface area contributed by atoms with Crippen molar-refractivity contribution in [2.75, 3.05) is 0 Å². The fourth-order valence-corrected chi connectivity index (χ4v) is 2.30. The summed E-state index contributed by atoms with van der Waals surface area (Å²) in [6.45, 7) is 0. The van der Waals surface area contributed by atoms with Gasteiger partial charge in [-0.1, -0.05) is 30.3 Å². The molecule has 0 atom stereocenters. The highest BCUT2D eigenvalue weighted by Crippen LogP contribution is 2.49. The van der Waals surface area contributed by atoms with Crippen LogP contribution in [-0.4, -0.2) is 5.11 Å². The zero-order chi connectivity index (χ0) is 12.8. The van der Waals surface area contributed by atoms with Crippen LogP contribution in [0.1, 0.15) is 0 Å². The number of ether oxygens (including phenoxy) is 2. The van der Waals surface area contributed by atoms with Gasteiger partial charge < -0.3 is 14.6 Å². The third-order valence-corrected chi connectivity index (χ3v) is 3.20. The number of benzene rings is 3. The Morgan fingerprint density at radius 3 is 2.53 bits per heavy atom. The van der Waals surface area contributed by atoms with Gasteiger partial charge in [-0.2, -0.15) is 0 Å². The molecule has 0 radical (unpaired) electrons. The van der Waals surface area contributed by atoms with Crippen LogP contribution >= 0.6 is 0 Å². The Labute approximate surface area is 109 Å². The summed E-state index contributed by atoms with van der Waals surface area (Å²) in [7, 11) is 0. The van der Waals surface area contributed by atoms with E-state index in [1.54, 1.807) is 18.2 Å². The highest BCUT2D eigenvalue weighted by atomic mass is 16.6. The average molecular weight is 250 g/mol. The van der Waals surface area contributed by atoms with Crippen LogP contribution in [0.2, 0.25) is 0 Å². The quantitative estimate of drug-likeness (QED) is 0.501. The van der Waals surface area contributed by atoms with Crippen molar-refractivity contribution in [3.8, 4) is 28.7 Å². The van der Waals surface area contributed by atoms with Gasteiger partial charge in [0, 0.05) is 11.5 Å². The first-order chi connectivity index (χ1) is 9.31. The van der Waals surface area contributed by atoms with Crippen LogP contribution in [0, 0.1) is 0 Å². The molecule has 3 aromatic carbocycles. The molecular formula is C16H10O3. The minimum absolute atomic E-state index is 0.158. The second-order valence-corrected chi connectivity index (χ2v) is 4.45. The third kappa shape index (κ3) is 1.52. The molecule has 1 heterocycles. The van der Waals surface area contributed by atoms with Gasteiger partial charge >= 0.3 is 0 Å². The summed E-state index contributed by atoms with van der Waals surface area (Å²) < 4.78 is 11.7. The Morgan fingerprint density at radius 1 is 0.737 bits per heavy atom. The predicted octanol–water partition coefficient (Wildman–Crippen LogP) is 4.44. The van der Waals surface area contributed by atoms with Gasteiger partial charge in [0.05, 0.1) is 0 Å². The summed E-state index contributed by atoms with van der Waals surface area (Å²) in [5.74, 6) is 2.68. The third-order valence-electron chi connectivity index (χ3n) is 3.20. The number of hydrogen-bond acceptors (Lipinski definition) is 3. The molecule has 0 unspecified atom stereocenters. The van der Waals surface area contributed by atoms with E-state index in [1.165, 1.54) is 0 Å². The zero-order valence-electron chi connectivity index (χ0n) is 9.96. The molecular weight excluding hydrogens is 240 g/mol. The summed E-state index contributed by atoms with van der Waals surface area (Å²) in [4.78, 5) is 0. The van der Waals surface area contributed by atoms with Crippen molar-refractivity contribution in [2.45, 2.75) is 0 Å². The molecule has 1 aliphatic heterocycles. The molecule has 3 aromatic rings. The maximum Gasteiger partial charge on any atom is 0.177 e. The molecule has 3 nitrogen and oxygen atoms in total. The topological polar surface area (TPSA) is 38.7 Å². The van der Waals surface area contributed by atoms with Gasteiger partial charge in [0.15, 0.2) is 23.0 Å². The van der Waals surface area contributed by atoms with E-state index in [-0.39, 0.29) is 5.75 Å². The molecule has 0 aromatic heterocycles. The normalized spacial score (nSPS) is 12.2. The van der Waals surface area contributed by atoms with E-state index in [0.717, 1.165) is 10.8 Å². The van der Waals surface area contributed by atoms with E-state index in [9.17, 15) is 5.11 Å². The van der Waals surface area contributed by atoms with Crippen molar-refractivity contribution in [3.05, 3.63) is 54.6 Å². The summed E-state index contributed by atoms with van der Waals surface area (Å²) in [5.41, 5.74) is 0. The first-order valence-electron chi connectivity index (χ1n) is 6.02. The molecule has 0 fully saturated rings. The van der Waals surface area contributed by atoms with Crippen LogP contribution in [0.5, 0.6) is 28.7 Å². The molecule has 0 saturated heterocycles. The Kier molecular flexibility index (Phi) is 1.97. The average Bonchev–Trinajstić information content (AvgIpc) is 2.45. The van der Waals surface area contributed by atoms with E-state index in [2.05, 4.69) is 0 Å². The van der Waals surface area contributed by atoms with Crippen LogP contribution in [0.25, 0.3) is 10.8 Å². The van der Waals surface area contributed by atoms with Crippen molar-refractivity contribution in [1.29, 1.82) is 0 Å². The molecule has 0 amide bonds. The van der Waals surface area contributed by atoms with Gasteiger partial charge in [0.2, 0.25) is 0 Å². The van der Waals surface area contributed by atoms with Crippen LogP contribution in [0.3, 0.4) is 0 Å². The molecule has 0 bridgehead atoms. The number of phenols is 1. The number of rotatable bonds is 0. The van der Waals surface area contributed by atoms with Crippen LogP contribution in [0.15, 0.2) is 54.6 Å². The van der Waals surface area contributed by atoms with E-state index in [0.29, 0.717) is 23.0 Å². The standard InChI is InChI=1S/C16H10O3/c17-11-6-8-13-15(9-11)19-16-12-4-2-1-3-10(12)5-7-14(16)18-13/h1-9,17H. The maximum atomic E-state index is 9.51. The summed E-state index contributed by atoms with van der Waals surface area (Å²) >= 11 is 0. The second-order valence-electron chi connectivity index (χ2n) is 4.45. The molecule has 19 heavy (non-hydrogen) atoms. The summed E-state index contributed by atoms with van der Waals surface area (Å²) in [6, 6.07) is 16.7. The lowest BCUT2D eigenvalue weighted by molar-refractivity contribution is 0.359. The molecule has 1 N–H and O–H groups in total. The van der Waals surface area contributed by atoms with E-state index in [4.69, 9.17) is 9.47 Å². The molecule has 0 saturated carbocycles. The Morgan fingerprint density at radius 2 is 1.58 bits per heavy atom. The van der Waals surface area contributed by atoms with Crippen molar-refractivity contribution in [1.82, 2.24) is 0 Å². The van der Waals surface area contributed by atoms with Gasteiger partial charge in [-0.25, -0.2) is 0 Å². The predicted molar refractivity (Wildman–Crippen MR) is 72.2 cm³/mol. The molecule has 1 aliphatic rings. The van der Waals surface area contributed by atoms with E-state index < -0.39 is 0 Å². The smallest absolute Gasteiger partial charge is 0.177 e.